The van der Waals surface area contributed by atoms with Gasteiger partial charge in [-0.2, -0.15) is 0 Å². The van der Waals surface area contributed by atoms with Crippen molar-refractivity contribution < 1.29 is 32.9 Å². The number of benzene rings is 2. The van der Waals surface area contributed by atoms with Crippen molar-refractivity contribution in [2.75, 3.05) is 0 Å². The Morgan fingerprint density at radius 1 is 1.14 bits per heavy atom. The smallest absolute Gasteiger partial charge is 0.335 e. The van der Waals surface area contributed by atoms with Crippen molar-refractivity contribution in [3.05, 3.63) is 58.9 Å². The van der Waals surface area contributed by atoms with Gasteiger partial charge < -0.3 is 14.9 Å². The van der Waals surface area contributed by atoms with Gasteiger partial charge in [-0.25, -0.2) is 18.0 Å². The Morgan fingerprint density at radius 2 is 1.76 bits per heavy atom. The Kier molecular flexibility index (Phi) is 4.02. The Labute approximate surface area is 117 Å². The van der Waals surface area contributed by atoms with Crippen molar-refractivity contribution >= 4 is 5.97 Å². The Hall–Kier alpha value is -2.70. The van der Waals surface area contributed by atoms with Crippen molar-refractivity contribution in [3.8, 4) is 11.5 Å². The summed E-state index contributed by atoms with van der Waals surface area (Å²) in [7, 11) is 0. The van der Waals surface area contributed by atoms with E-state index >= 15 is 0 Å². The van der Waals surface area contributed by atoms with Crippen LogP contribution in [0, 0.1) is 17.5 Å². The van der Waals surface area contributed by atoms with Gasteiger partial charge in [-0.15, -0.1) is 0 Å². The van der Waals surface area contributed by atoms with Gasteiger partial charge in [0.05, 0.1) is 5.56 Å². The molecule has 0 amide bonds. The molecule has 0 spiro atoms. The first-order valence-electron chi connectivity index (χ1n) is 5.69. The number of carboxylic acids is 1. The third kappa shape index (κ3) is 3.25. The summed E-state index contributed by atoms with van der Waals surface area (Å²) in [6.07, 6.45) is 0. The van der Waals surface area contributed by atoms with Gasteiger partial charge in [-0.3, -0.25) is 0 Å². The van der Waals surface area contributed by atoms with Gasteiger partial charge >= 0.3 is 5.97 Å². The molecule has 7 heteroatoms. The van der Waals surface area contributed by atoms with Gasteiger partial charge in [0.15, 0.2) is 17.5 Å². The SMILES string of the molecule is O=C(O)c1ccc(OCc2cc(F)c(F)c(F)c2)cc1[O-]. The van der Waals surface area contributed by atoms with E-state index < -0.39 is 34.7 Å². The highest BCUT2D eigenvalue weighted by molar-refractivity contribution is 5.90. The standard InChI is InChI=1S/C14H9F3O4/c15-10-3-7(4-11(16)13(10)17)6-21-8-1-2-9(14(19)20)12(18)5-8/h1-5,18H,6H2,(H,19,20)/p-1. The molecule has 21 heavy (non-hydrogen) atoms. The van der Waals surface area contributed by atoms with Crippen LogP contribution in [0.2, 0.25) is 0 Å². The maximum absolute atomic E-state index is 13.0. The molecular formula is C14H8F3O4-. The zero-order chi connectivity index (χ0) is 15.6. The molecule has 0 radical (unpaired) electrons. The topological polar surface area (TPSA) is 69.6 Å². The third-order valence-electron chi connectivity index (χ3n) is 2.63. The van der Waals surface area contributed by atoms with Crippen LogP contribution in [0.4, 0.5) is 13.2 Å². The number of rotatable bonds is 4. The first-order chi connectivity index (χ1) is 9.88. The molecule has 0 unspecified atom stereocenters. The van der Waals surface area contributed by atoms with E-state index in [0.29, 0.717) is 0 Å². The molecule has 2 rings (SSSR count). The van der Waals surface area contributed by atoms with Crippen molar-refractivity contribution in [1.82, 2.24) is 0 Å². The van der Waals surface area contributed by atoms with E-state index in [2.05, 4.69) is 0 Å². The van der Waals surface area contributed by atoms with Gasteiger partial charge in [0.2, 0.25) is 0 Å². The minimum atomic E-state index is -1.58. The zero-order valence-electron chi connectivity index (χ0n) is 10.4. The summed E-state index contributed by atoms with van der Waals surface area (Å²) in [6, 6.07) is 4.77. The fraction of sp³-hybridized carbons (Fsp3) is 0.0714. The quantitative estimate of drug-likeness (QED) is 0.880. The van der Waals surface area contributed by atoms with Crippen LogP contribution in [-0.4, -0.2) is 11.1 Å². The maximum Gasteiger partial charge on any atom is 0.335 e. The average molecular weight is 297 g/mol. The molecule has 0 aliphatic carbocycles. The largest absolute Gasteiger partial charge is 0.872 e. The van der Waals surface area contributed by atoms with E-state index in [1.165, 1.54) is 6.07 Å². The van der Waals surface area contributed by atoms with E-state index in [0.717, 1.165) is 24.3 Å². The minimum Gasteiger partial charge on any atom is -0.872 e. The second-order valence-corrected chi connectivity index (χ2v) is 4.13. The van der Waals surface area contributed by atoms with E-state index in [1.807, 2.05) is 0 Å². The van der Waals surface area contributed by atoms with Crippen LogP contribution in [0.15, 0.2) is 30.3 Å². The third-order valence-corrected chi connectivity index (χ3v) is 2.63. The molecule has 0 heterocycles. The van der Waals surface area contributed by atoms with Crippen molar-refractivity contribution in [2.24, 2.45) is 0 Å². The summed E-state index contributed by atoms with van der Waals surface area (Å²) in [5, 5.41) is 20.1. The molecule has 0 aliphatic rings. The molecule has 0 aliphatic heterocycles. The van der Waals surface area contributed by atoms with Gasteiger partial charge in [-0.05, 0) is 35.9 Å². The molecule has 0 atom stereocenters. The van der Waals surface area contributed by atoms with Crippen LogP contribution in [0.25, 0.3) is 0 Å². The predicted octanol–water partition coefficient (Wildman–Crippen LogP) is 2.45. The molecule has 0 aromatic heterocycles. The number of ether oxygens (including phenoxy) is 1. The monoisotopic (exact) mass is 297 g/mol. The Bertz CT molecular complexity index is 678. The van der Waals surface area contributed by atoms with E-state index in [9.17, 15) is 23.1 Å². The van der Waals surface area contributed by atoms with E-state index in [1.54, 1.807) is 0 Å². The molecule has 0 fully saturated rings. The van der Waals surface area contributed by atoms with Gasteiger partial charge in [0, 0.05) is 0 Å². The molecule has 0 bridgehead atoms. The number of aromatic carboxylic acids is 1. The first-order valence-corrected chi connectivity index (χ1v) is 5.69. The molecule has 2 aromatic carbocycles. The Balaban J connectivity index is 2.13. The first kappa shape index (κ1) is 14.7. The van der Waals surface area contributed by atoms with Crippen LogP contribution in [0.5, 0.6) is 11.5 Å². The van der Waals surface area contributed by atoms with Gasteiger partial charge in [-0.1, -0.05) is 5.75 Å². The second-order valence-electron chi connectivity index (χ2n) is 4.13. The molecule has 0 saturated heterocycles. The summed E-state index contributed by atoms with van der Waals surface area (Å²) >= 11 is 0. The molecule has 110 valence electrons. The fourth-order valence-electron chi connectivity index (χ4n) is 1.63. The highest BCUT2D eigenvalue weighted by atomic mass is 19.2. The lowest BCUT2D eigenvalue weighted by atomic mass is 10.2. The highest BCUT2D eigenvalue weighted by Crippen LogP contribution is 2.22. The molecule has 2 aromatic rings. The van der Waals surface area contributed by atoms with Crippen LogP contribution in [0.1, 0.15) is 15.9 Å². The number of hydrogen-bond donors (Lipinski definition) is 1. The Morgan fingerprint density at radius 3 is 2.29 bits per heavy atom. The summed E-state index contributed by atoms with van der Waals surface area (Å²) in [6.45, 7) is -0.306. The molecule has 0 saturated carbocycles. The number of carboxylic acid groups (broad SMARTS) is 1. The molecule has 1 N–H and O–H groups in total. The van der Waals surface area contributed by atoms with Crippen LogP contribution >= 0.6 is 0 Å². The second kappa shape index (κ2) is 5.74. The average Bonchev–Trinajstić information content (AvgIpc) is 2.42. The van der Waals surface area contributed by atoms with Crippen LogP contribution in [0.3, 0.4) is 0 Å². The van der Waals surface area contributed by atoms with Crippen molar-refractivity contribution in [1.29, 1.82) is 0 Å². The lowest BCUT2D eigenvalue weighted by Crippen LogP contribution is -2.05. The summed E-state index contributed by atoms with van der Waals surface area (Å²) in [5.74, 6) is -6.36. The minimum absolute atomic E-state index is 0.0289. The number of carbonyl (C=O) groups is 1. The van der Waals surface area contributed by atoms with Crippen molar-refractivity contribution in [3.63, 3.8) is 0 Å². The van der Waals surface area contributed by atoms with Crippen molar-refractivity contribution in [2.45, 2.75) is 6.61 Å². The zero-order valence-corrected chi connectivity index (χ0v) is 10.4. The number of halogens is 3. The molecule has 4 nitrogen and oxygen atoms in total. The van der Waals surface area contributed by atoms with E-state index in [4.69, 9.17) is 9.84 Å². The highest BCUT2D eigenvalue weighted by Gasteiger charge is 2.11. The van der Waals surface area contributed by atoms with E-state index in [-0.39, 0.29) is 17.9 Å². The van der Waals surface area contributed by atoms with Crippen LogP contribution in [-0.2, 0) is 6.61 Å². The lowest BCUT2D eigenvalue weighted by Gasteiger charge is -2.13. The molecular weight excluding hydrogens is 289 g/mol. The number of hydrogen-bond acceptors (Lipinski definition) is 3. The normalized spacial score (nSPS) is 10.4. The summed E-state index contributed by atoms with van der Waals surface area (Å²) in [5.41, 5.74) is -0.387. The lowest BCUT2D eigenvalue weighted by molar-refractivity contribution is -0.268. The van der Waals surface area contributed by atoms with Gasteiger partial charge in [0.25, 0.3) is 0 Å². The van der Waals surface area contributed by atoms with Gasteiger partial charge in [0.1, 0.15) is 12.4 Å². The summed E-state index contributed by atoms with van der Waals surface area (Å²) < 4.78 is 43.8. The predicted molar refractivity (Wildman–Crippen MR) is 63.5 cm³/mol. The fourth-order valence-corrected chi connectivity index (χ4v) is 1.63. The summed E-state index contributed by atoms with van der Waals surface area (Å²) in [4.78, 5) is 10.7. The van der Waals surface area contributed by atoms with Crippen LogP contribution < -0.4 is 9.84 Å². The maximum atomic E-state index is 13.0.